The molecule has 1 aromatic carbocycles. The maximum Gasteiger partial charge on any atom is 0.322 e. The first-order chi connectivity index (χ1) is 12.6. The molecule has 0 spiro atoms. The largest absolute Gasteiger partial charge is 0.370 e. The van der Waals surface area contributed by atoms with Gasteiger partial charge in [-0.15, -0.1) is 0 Å². The van der Waals surface area contributed by atoms with Gasteiger partial charge >= 0.3 is 6.03 Å². The molecule has 0 aliphatic carbocycles. The zero-order valence-corrected chi connectivity index (χ0v) is 15.0. The second-order valence-corrected chi connectivity index (χ2v) is 6.07. The fourth-order valence-electron chi connectivity index (χ4n) is 2.88. The van der Waals surface area contributed by atoms with E-state index in [1.807, 2.05) is 19.9 Å². The molecule has 3 rings (SSSR count). The Hall–Kier alpha value is -2.90. The molecule has 1 saturated heterocycles. The van der Waals surface area contributed by atoms with E-state index in [1.165, 1.54) is 6.07 Å². The summed E-state index contributed by atoms with van der Waals surface area (Å²) in [5.74, 6) is 1.92. The van der Waals surface area contributed by atoms with Crippen molar-refractivity contribution < 1.29 is 9.18 Å². The van der Waals surface area contributed by atoms with Crippen LogP contribution in [0.2, 0.25) is 0 Å². The van der Waals surface area contributed by atoms with Crippen molar-refractivity contribution in [2.24, 2.45) is 0 Å². The van der Waals surface area contributed by atoms with Crippen molar-refractivity contribution in [3.63, 3.8) is 0 Å². The number of anilines is 3. The Bertz CT molecular complexity index is 776. The molecule has 2 N–H and O–H groups in total. The van der Waals surface area contributed by atoms with Crippen molar-refractivity contribution in [2.45, 2.75) is 13.8 Å². The van der Waals surface area contributed by atoms with E-state index in [-0.39, 0.29) is 11.7 Å². The Morgan fingerprint density at radius 1 is 1.19 bits per heavy atom. The molecule has 0 radical (unpaired) electrons. The average molecular weight is 358 g/mol. The van der Waals surface area contributed by atoms with E-state index >= 15 is 0 Å². The smallest absolute Gasteiger partial charge is 0.322 e. The summed E-state index contributed by atoms with van der Waals surface area (Å²) < 4.78 is 13.7. The van der Waals surface area contributed by atoms with Crippen LogP contribution in [0.25, 0.3) is 0 Å². The van der Waals surface area contributed by atoms with Crippen LogP contribution in [0.5, 0.6) is 0 Å². The second-order valence-electron chi connectivity index (χ2n) is 6.07. The van der Waals surface area contributed by atoms with Crippen LogP contribution in [0, 0.1) is 12.7 Å². The molecular formula is C18H23FN6O. The van der Waals surface area contributed by atoms with Gasteiger partial charge in [0.1, 0.15) is 23.3 Å². The van der Waals surface area contributed by atoms with Crippen molar-refractivity contribution in [1.82, 2.24) is 14.9 Å². The lowest BCUT2D eigenvalue weighted by molar-refractivity contribution is 0.208. The van der Waals surface area contributed by atoms with Crippen molar-refractivity contribution in [1.29, 1.82) is 0 Å². The van der Waals surface area contributed by atoms with Crippen molar-refractivity contribution in [2.75, 3.05) is 48.3 Å². The number of halogens is 1. The molecule has 7 nitrogen and oxygen atoms in total. The highest BCUT2D eigenvalue weighted by atomic mass is 19.1. The predicted molar refractivity (Wildman–Crippen MR) is 100 cm³/mol. The molecule has 8 heteroatoms. The number of urea groups is 1. The lowest BCUT2D eigenvalue weighted by Crippen LogP contribution is -2.50. The monoisotopic (exact) mass is 358 g/mol. The number of nitrogens with one attached hydrogen (secondary N) is 2. The van der Waals surface area contributed by atoms with Gasteiger partial charge in [-0.1, -0.05) is 12.1 Å². The summed E-state index contributed by atoms with van der Waals surface area (Å²) >= 11 is 0. The number of piperazine rings is 1. The average Bonchev–Trinajstić information content (AvgIpc) is 2.63. The first kappa shape index (κ1) is 17.9. The van der Waals surface area contributed by atoms with Crippen LogP contribution in [-0.4, -0.2) is 53.6 Å². The van der Waals surface area contributed by atoms with Gasteiger partial charge in [0.05, 0.1) is 5.69 Å². The molecule has 2 amide bonds. The Morgan fingerprint density at radius 3 is 2.62 bits per heavy atom. The summed E-state index contributed by atoms with van der Waals surface area (Å²) in [6.07, 6.45) is 0. The molecule has 1 aliphatic heterocycles. The van der Waals surface area contributed by atoms with Crippen LogP contribution >= 0.6 is 0 Å². The number of carbonyl (C=O) groups excluding carboxylic acids is 1. The van der Waals surface area contributed by atoms with Crippen LogP contribution in [0.15, 0.2) is 30.3 Å². The maximum absolute atomic E-state index is 13.7. The molecule has 2 heterocycles. The molecule has 2 aromatic rings. The van der Waals surface area contributed by atoms with E-state index < -0.39 is 5.82 Å². The van der Waals surface area contributed by atoms with Gasteiger partial charge < -0.3 is 20.4 Å². The summed E-state index contributed by atoms with van der Waals surface area (Å²) in [4.78, 5) is 25.0. The van der Waals surface area contributed by atoms with Gasteiger partial charge in [0.15, 0.2) is 0 Å². The van der Waals surface area contributed by atoms with Crippen LogP contribution in [0.3, 0.4) is 0 Å². The van der Waals surface area contributed by atoms with Gasteiger partial charge in [-0.3, -0.25) is 0 Å². The number of aromatic nitrogens is 2. The highest BCUT2D eigenvalue weighted by Crippen LogP contribution is 2.19. The normalized spacial score (nSPS) is 14.3. The van der Waals surface area contributed by atoms with Crippen molar-refractivity contribution in [3.8, 4) is 0 Å². The summed E-state index contributed by atoms with van der Waals surface area (Å²) in [6, 6.07) is 7.79. The molecule has 0 unspecified atom stereocenters. The molecule has 26 heavy (non-hydrogen) atoms. The molecule has 0 saturated carbocycles. The zero-order valence-electron chi connectivity index (χ0n) is 15.0. The number of amides is 2. The lowest BCUT2D eigenvalue weighted by Gasteiger charge is -2.35. The molecule has 0 atom stereocenters. The van der Waals surface area contributed by atoms with Gasteiger partial charge in [-0.25, -0.2) is 19.2 Å². The minimum Gasteiger partial charge on any atom is -0.370 e. The number of hydrogen-bond acceptors (Lipinski definition) is 5. The fraction of sp³-hybridized carbons (Fsp3) is 0.389. The van der Waals surface area contributed by atoms with Crippen molar-refractivity contribution >= 4 is 23.4 Å². The van der Waals surface area contributed by atoms with Gasteiger partial charge in [0, 0.05) is 38.8 Å². The number of hydrogen-bond donors (Lipinski definition) is 2. The van der Waals surface area contributed by atoms with E-state index in [4.69, 9.17) is 0 Å². The minimum absolute atomic E-state index is 0.196. The molecule has 1 aliphatic rings. The molecule has 1 aromatic heterocycles. The van der Waals surface area contributed by atoms with Crippen LogP contribution in [0.4, 0.5) is 26.5 Å². The Balaban J connectivity index is 1.60. The van der Waals surface area contributed by atoms with Gasteiger partial charge in [-0.05, 0) is 26.0 Å². The van der Waals surface area contributed by atoms with Gasteiger partial charge in [-0.2, -0.15) is 0 Å². The van der Waals surface area contributed by atoms with E-state index in [9.17, 15) is 9.18 Å². The summed E-state index contributed by atoms with van der Waals surface area (Å²) in [5.41, 5.74) is 0.196. The lowest BCUT2D eigenvalue weighted by atomic mass is 10.3. The quantitative estimate of drug-likeness (QED) is 0.879. The molecule has 0 bridgehead atoms. The summed E-state index contributed by atoms with van der Waals surface area (Å²) in [5, 5.41) is 5.83. The Labute approximate surface area is 152 Å². The maximum atomic E-state index is 13.7. The highest BCUT2D eigenvalue weighted by molar-refractivity contribution is 5.89. The standard InChI is InChI=1S/C18H23FN6O/c1-3-20-16-12-17(22-13(2)21-16)24-8-10-25(11-9-24)18(26)23-15-7-5-4-6-14(15)19/h4-7,12H,3,8-11H2,1-2H3,(H,23,26)(H,20,21,22). The Morgan fingerprint density at radius 2 is 1.92 bits per heavy atom. The number of rotatable bonds is 4. The second kappa shape index (κ2) is 7.99. The molecule has 1 fully saturated rings. The van der Waals surface area contributed by atoms with E-state index in [0.29, 0.717) is 32.0 Å². The number of para-hydroxylation sites is 1. The summed E-state index contributed by atoms with van der Waals surface area (Å²) in [6.45, 7) is 7.07. The first-order valence-electron chi connectivity index (χ1n) is 8.72. The minimum atomic E-state index is -0.438. The van der Waals surface area contributed by atoms with Crippen LogP contribution in [0.1, 0.15) is 12.7 Å². The number of aryl methyl sites for hydroxylation is 1. The first-order valence-corrected chi connectivity index (χ1v) is 8.72. The summed E-state index contributed by atoms with van der Waals surface area (Å²) in [7, 11) is 0. The predicted octanol–water partition coefficient (Wildman–Crippen LogP) is 2.71. The van der Waals surface area contributed by atoms with Gasteiger partial charge in [0.25, 0.3) is 0 Å². The fourth-order valence-corrected chi connectivity index (χ4v) is 2.88. The third kappa shape index (κ3) is 4.19. The van der Waals surface area contributed by atoms with Crippen molar-refractivity contribution in [3.05, 3.63) is 42.0 Å². The van der Waals surface area contributed by atoms with Gasteiger partial charge in [0.2, 0.25) is 0 Å². The molecule has 138 valence electrons. The SMILES string of the molecule is CCNc1cc(N2CCN(C(=O)Nc3ccccc3F)CC2)nc(C)n1. The third-order valence-corrected chi connectivity index (χ3v) is 4.19. The topological polar surface area (TPSA) is 73.4 Å². The highest BCUT2D eigenvalue weighted by Gasteiger charge is 2.23. The zero-order chi connectivity index (χ0) is 18.5. The number of benzene rings is 1. The van der Waals surface area contributed by atoms with Crippen LogP contribution in [-0.2, 0) is 0 Å². The van der Waals surface area contributed by atoms with Crippen LogP contribution < -0.4 is 15.5 Å². The Kier molecular flexibility index (Phi) is 5.50. The number of carbonyl (C=O) groups is 1. The van der Waals surface area contributed by atoms with E-state index in [0.717, 1.165) is 18.2 Å². The van der Waals surface area contributed by atoms with E-state index in [2.05, 4.69) is 25.5 Å². The third-order valence-electron chi connectivity index (χ3n) is 4.19. The van der Waals surface area contributed by atoms with E-state index in [1.54, 1.807) is 23.1 Å². The number of nitrogens with zero attached hydrogens (tertiary/aromatic N) is 4. The molecular weight excluding hydrogens is 335 g/mol.